The summed E-state index contributed by atoms with van der Waals surface area (Å²) in [5, 5.41) is 9.45. The Bertz CT molecular complexity index is 174. The molecule has 0 aromatic heterocycles. The van der Waals surface area contributed by atoms with Crippen molar-refractivity contribution in [2.24, 2.45) is 17.3 Å². The lowest BCUT2D eigenvalue weighted by Crippen LogP contribution is -2.26. The summed E-state index contributed by atoms with van der Waals surface area (Å²) < 4.78 is 0. The number of hydrogen-bond donors (Lipinski definition) is 1. The Morgan fingerprint density at radius 3 is 1.77 bits per heavy atom. The van der Waals surface area contributed by atoms with E-state index in [9.17, 15) is 5.11 Å². The van der Waals surface area contributed by atoms with Crippen LogP contribution in [0.25, 0.3) is 0 Å². The molecule has 1 nitrogen and oxygen atoms in total. The smallest absolute Gasteiger partial charge is 0.0574 e. The number of hydrogen-bond acceptors (Lipinski definition) is 1. The Kier molecular flexibility index (Phi) is 4.18. The molecule has 78 valence electrons. The summed E-state index contributed by atoms with van der Waals surface area (Å²) in [6.07, 6.45) is -0.294. The molecule has 0 heterocycles. The lowest BCUT2D eigenvalue weighted by Gasteiger charge is -2.33. The summed E-state index contributed by atoms with van der Waals surface area (Å²) in [4.78, 5) is 0. The highest BCUT2D eigenvalue weighted by Gasteiger charge is 2.26. The minimum atomic E-state index is -0.294. The fourth-order valence-corrected chi connectivity index (χ4v) is 1.26. The molecule has 0 aliphatic heterocycles. The Morgan fingerprint density at radius 2 is 1.54 bits per heavy atom. The molecule has 0 saturated heterocycles. The minimum absolute atomic E-state index is 0.189. The predicted octanol–water partition coefficient (Wildman–Crippen LogP) is 3.24. The van der Waals surface area contributed by atoms with Gasteiger partial charge in [-0.05, 0) is 18.3 Å². The molecule has 0 radical (unpaired) electrons. The fraction of sp³-hybridized carbons (Fsp3) is 0.833. The maximum atomic E-state index is 9.45. The van der Waals surface area contributed by atoms with Crippen LogP contribution in [0.3, 0.4) is 0 Å². The van der Waals surface area contributed by atoms with Gasteiger partial charge in [-0.1, -0.05) is 46.8 Å². The molecule has 0 spiro atoms. The van der Waals surface area contributed by atoms with Gasteiger partial charge in [0.25, 0.3) is 0 Å². The normalized spacial score (nSPS) is 19.3. The highest BCUT2D eigenvalue weighted by molar-refractivity contribution is 5.08. The van der Waals surface area contributed by atoms with Crippen molar-refractivity contribution in [3.8, 4) is 0 Å². The van der Waals surface area contributed by atoms with Crippen molar-refractivity contribution >= 4 is 0 Å². The second kappa shape index (κ2) is 4.28. The van der Waals surface area contributed by atoms with E-state index in [4.69, 9.17) is 0 Å². The van der Waals surface area contributed by atoms with Gasteiger partial charge in [0.2, 0.25) is 0 Å². The van der Waals surface area contributed by atoms with Crippen LogP contribution in [0.15, 0.2) is 12.2 Å². The monoisotopic (exact) mass is 184 g/mol. The van der Waals surface area contributed by atoms with Crippen LogP contribution >= 0.6 is 0 Å². The Hall–Kier alpha value is -0.300. The van der Waals surface area contributed by atoms with Gasteiger partial charge >= 0.3 is 0 Å². The van der Waals surface area contributed by atoms with Gasteiger partial charge in [0.1, 0.15) is 0 Å². The molecule has 0 amide bonds. The quantitative estimate of drug-likeness (QED) is 0.668. The summed E-state index contributed by atoms with van der Waals surface area (Å²) in [5.74, 6) is 0.631. The minimum Gasteiger partial charge on any atom is -0.393 e. The SMILES string of the molecule is C=C([C@H](C)[C@H](C)O)[C@H](C)C(C)(C)C. The lowest BCUT2D eigenvalue weighted by atomic mass is 9.73. The second-order valence-corrected chi connectivity index (χ2v) is 5.19. The first-order valence-electron chi connectivity index (χ1n) is 5.04. The molecule has 13 heavy (non-hydrogen) atoms. The molecule has 0 aliphatic rings. The topological polar surface area (TPSA) is 20.2 Å². The summed E-state index contributed by atoms with van der Waals surface area (Å²) in [5.41, 5.74) is 1.39. The summed E-state index contributed by atoms with van der Waals surface area (Å²) >= 11 is 0. The average Bonchev–Trinajstić information content (AvgIpc) is 1.98. The molecule has 0 unspecified atom stereocenters. The van der Waals surface area contributed by atoms with Gasteiger partial charge in [0, 0.05) is 5.92 Å². The zero-order valence-corrected chi connectivity index (χ0v) is 9.89. The van der Waals surface area contributed by atoms with E-state index in [1.807, 2.05) is 13.8 Å². The van der Waals surface area contributed by atoms with E-state index < -0.39 is 0 Å². The van der Waals surface area contributed by atoms with E-state index in [2.05, 4.69) is 34.3 Å². The third kappa shape index (κ3) is 3.51. The Morgan fingerprint density at radius 1 is 1.15 bits per heavy atom. The van der Waals surface area contributed by atoms with Crippen LogP contribution in [-0.2, 0) is 0 Å². The van der Waals surface area contributed by atoms with Gasteiger partial charge in [-0.3, -0.25) is 0 Å². The second-order valence-electron chi connectivity index (χ2n) is 5.19. The van der Waals surface area contributed by atoms with E-state index >= 15 is 0 Å². The van der Waals surface area contributed by atoms with Gasteiger partial charge in [-0.25, -0.2) is 0 Å². The molecular formula is C12H24O. The molecular weight excluding hydrogens is 160 g/mol. The van der Waals surface area contributed by atoms with Gasteiger partial charge in [0.05, 0.1) is 6.10 Å². The van der Waals surface area contributed by atoms with Gasteiger partial charge in [-0.2, -0.15) is 0 Å². The van der Waals surface area contributed by atoms with Gasteiger partial charge < -0.3 is 5.11 Å². The highest BCUT2D eigenvalue weighted by atomic mass is 16.3. The van der Waals surface area contributed by atoms with Crippen molar-refractivity contribution in [1.82, 2.24) is 0 Å². The maximum Gasteiger partial charge on any atom is 0.0574 e. The van der Waals surface area contributed by atoms with E-state index in [0.29, 0.717) is 5.92 Å². The third-order valence-corrected chi connectivity index (χ3v) is 3.16. The molecule has 0 aliphatic carbocycles. The first-order chi connectivity index (χ1) is 5.68. The molecule has 0 aromatic rings. The van der Waals surface area contributed by atoms with Crippen LogP contribution < -0.4 is 0 Å². The molecule has 1 heteroatoms. The van der Waals surface area contributed by atoms with Crippen molar-refractivity contribution in [3.05, 3.63) is 12.2 Å². The summed E-state index contributed by atoms with van der Waals surface area (Å²) in [6.45, 7) is 16.7. The number of rotatable bonds is 3. The van der Waals surface area contributed by atoms with Crippen molar-refractivity contribution < 1.29 is 5.11 Å². The molecule has 3 atom stereocenters. The molecule has 0 saturated carbocycles. The van der Waals surface area contributed by atoms with Crippen molar-refractivity contribution in [2.75, 3.05) is 0 Å². The molecule has 0 aromatic carbocycles. The zero-order chi connectivity index (χ0) is 10.8. The van der Waals surface area contributed by atoms with Crippen LogP contribution in [0.2, 0.25) is 0 Å². The molecule has 0 fully saturated rings. The lowest BCUT2D eigenvalue weighted by molar-refractivity contribution is 0.138. The van der Waals surface area contributed by atoms with E-state index in [1.54, 1.807) is 0 Å². The van der Waals surface area contributed by atoms with Gasteiger partial charge in [0.15, 0.2) is 0 Å². The van der Waals surface area contributed by atoms with Crippen molar-refractivity contribution in [2.45, 2.75) is 47.6 Å². The molecule has 0 bridgehead atoms. The summed E-state index contributed by atoms with van der Waals surface area (Å²) in [7, 11) is 0. The standard InChI is InChI=1S/C12H24O/c1-8(9(2)11(4)13)10(3)12(5,6)7/h9-11,13H,1H2,2-7H3/t9-,10-,11-/m0/s1. The van der Waals surface area contributed by atoms with Gasteiger partial charge in [-0.15, -0.1) is 0 Å². The van der Waals surface area contributed by atoms with E-state index in [-0.39, 0.29) is 17.4 Å². The third-order valence-electron chi connectivity index (χ3n) is 3.16. The fourth-order valence-electron chi connectivity index (χ4n) is 1.26. The number of aliphatic hydroxyl groups excluding tert-OH is 1. The highest BCUT2D eigenvalue weighted by Crippen LogP contribution is 2.34. The maximum absolute atomic E-state index is 9.45. The first-order valence-corrected chi connectivity index (χ1v) is 5.04. The average molecular weight is 184 g/mol. The largest absolute Gasteiger partial charge is 0.393 e. The number of aliphatic hydroxyl groups is 1. The van der Waals surface area contributed by atoms with E-state index in [0.717, 1.165) is 5.57 Å². The van der Waals surface area contributed by atoms with Crippen LogP contribution in [0.5, 0.6) is 0 Å². The van der Waals surface area contributed by atoms with Crippen molar-refractivity contribution in [1.29, 1.82) is 0 Å². The van der Waals surface area contributed by atoms with Crippen molar-refractivity contribution in [3.63, 3.8) is 0 Å². The molecule has 0 rings (SSSR count). The van der Waals surface area contributed by atoms with Crippen LogP contribution in [0.4, 0.5) is 0 Å². The van der Waals surface area contributed by atoms with E-state index in [1.165, 1.54) is 0 Å². The summed E-state index contributed by atoms with van der Waals surface area (Å²) in [6, 6.07) is 0. The van der Waals surface area contributed by atoms with Crippen LogP contribution in [0, 0.1) is 17.3 Å². The van der Waals surface area contributed by atoms with Crippen LogP contribution in [0.1, 0.15) is 41.5 Å². The van der Waals surface area contributed by atoms with Crippen LogP contribution in [-0.4, -0.2) is 11.2 Å². The molecule has 1 N–H and O–H groups in total. The Labute approximate surface area is 82.9 Å². The zero-order valence-electron chi connectivity index (χ0n) is 9.89. The predicted molar refractivity (Wildman–Crippen MR) is 58.6 cm³/mol. The Balaban J connectivity index is 4.44. The first kappa shape index (κ1) is 12.7.